The van der Waals surface area contributed by atoms with Crippen molar-refractivity contribution in [1.82, 2.24) is 4.57 Å². The quantitative estimate of drug-likeness (QED) is 0.446. The van der Waals surface area contributed by atoms with Crippen molar-refractivity contribution in [2.24, 2.45) is 0 Å². The van der Waals surface area contributed by atoms with E-state index in [9.17, 15) is 14.9 Å². The fourth-order valence-corrected chi connectivity index (χ4v) is 4.04. The Morgan fingerprint density at radius 1 is 1.19 bits per heavy atom. The Morgan fingerprint density at radius 3 is 2.48 bits per heavy atom. The van der Waals surface area contributed by atoms with Crippen LogP contribution in [0, 0.1) is 11.3 Å². The molecule has 0 aliphatic carbocycles. The molecule has 0 unspecified atom stereocenters. The Kier molecular flexibility index (Phi) is 6.19. The van der Waals surface area contributed by atoms with Crippen LogP contribution in [0.2, 0.25) is 0 Å². The summed E-state index contributed by atoms with van der Waals surface area (Å²) >= 11 is 2.98. The number of hydrogen-bond acceptors (Lipinski definition) is 7. The summed E-state index contributed by atoms with van der Waals surface area (Å²) in [6, 6.07) is 11.5. The number of esters is 1. The summed E-state index contributed by atoms with van der Waals surface area (Å²) in [4.78, 5) is 25.6. The van der Waals surface area contributed by atoms with Crippen LogP contribution in [-0.2, 0) is 21.0 Å². The van der Waals surface area contributed by atoms with Crippen LogP contribution >= 0.6 is 22.7 Å². The van der Waals surface area contributed by atoms with Crippen LogP contribution in [0.5, 0.6) is 0 Å². The average Bonchev–Trinajstić information content (AvgIpc) is 3.35. The maximum Gasteiger partial charge on any atom is 0.302 e. The molecule has 0 saturated heterocycles. The standard InChI is InChI=1S/C19H16N2O4S2/c1-13(22)25-7-6-24-12-21-16(18-5-3-9-27-18)10-14(15(11-20)19(21)23)17-4-2-8-26-17/h2-5,8-10H,6-7,12H2,1H3. The smallest absolute Gasteiger partial charge is 0.302 e. The maximum atomic E-state index is 13.0. The van der Waals surface area contributed by atoms with E-state index in [4.69, 9.17) is 9.47 Å². The zero-order chi connectivity index (χ0) is 19.2. The first-order valence-corrected chi connectivity index (χ1v) is 9.84. The highest BCUT2D eigenvalue weighted by molar-refractivity contribution is 7.14. The molecule has 0 aliphatic rings. The van der Waals surface area contributed by atoms with Gasteiger partial charge in [-0.05, 0) is 29.0 Å². The molecule has 138 valence electrons. The van der Waals surface area contributed by atoms with Gasteiger partial charge in [0.05, 0.1) is 17.2 Å². The highest BCUT2D eigenvalue weighted by atomic mass is 32.1. The van der Waals surface area contributed by atoms with Gasteiger partial charge in [-0.15, -0.1) is 22.7 Å². The molecule has 6 nitrogen and oxygen atoms in total. The normalized spacial score (nSPS) is 10.5. The molecule has 0 spiro atoms. The summed E-state index contributed by atoms with van der Waals surface area (Å²) in [5.41, 5.74) is 0.988. The third-order valence-corrected chi connectivity index (χ3v) is 5.52. The minimum absolute atomic E-state index is 0.0350. The molecule has 0 aliphatic heterocycles. The van der Waals surface area contributed by atoms with Crippen molar-refractivity contribution in [3.63, 3.8) is 0 Å². The Labute approximate surface area is 163 Å². The number of hydrogen-bond donors (Lipinski definition) is 0. The summed E-state index contributed by atoms with van der Waals surface area (Å²) in [5.74, 6) is -0.387. The highest BCUT2D eigenvalue weighted by Crippen LogP contribution is 2.32. The number of rotatable bonds is 7. The topological polar surface area (TPSA) is 81.3 Å². The maximum absolute atomic E-state index is 13.0. The lowest BCUT2D eigenvalue weighted by molar-refractivity contribution is -0.142. The minimum atomic E-state index is -0.403. The number of ether oxygens (including phenoxy) is 2. The summed E-state index contributed by atoms with van der Waals surface area (Å²) in [6.07, 6.45) is 0. The molecule has 8 heteroatoms. The van der Waals surface area contributed by atoms with E-state index in [2.05, 4.69) is 0 Å². The average molecular weight is 400 g/mol. The summed E-state index contributed by atoms with van der Waals surface area (Å²) in [5, 5.41) is 13.4. The predicted octanol–water partition coefficient (Wildman–Crippen LogP) is 3.71. The minimum Gasteiger partial charge on any atom is -0.463 e. The number of nitriles is 1. The van der Waals surface area contributed by atoms with Gasteiger partial charge in [0.25, 0.3) is 5.56 Å². The molecule has 0 bridgehead atoms. The molecule has 3 rings (SSSR count). The van der Waals surface area contributed by atoms with E-state index in [1.807, 2.05) is 47.2 Å². The van der Waals surface area contributed by atoms with Gasteiger partial charge in [-0.3, -0.25) is 14.2 Å². The molecule has 0 fully saturated rings. The fourth-order valence-electron chi connectivity index (χ4n) is 2.54. The highest BCUT2D eigenvalue weighted by Gasteiger charge is 2.18. The lowest BCUT2D eigenvalue weighted by Gasteiger charge is -2.15. The number of pyridine rings is 1. The molecule has 0 N–H and O–H groups in total. The lowest BCUT2D eigenvalue weighted by Crippen LogP contribution is -2.26. The van der Waals surface area contributed by atoms with E-state index in [-0.39, 0.29) is 31.5 Å². The van der Waals surface area contributed by atoms with E-state index in [0.29, 0.717) is 11.3 Å². The second-order valence-electron chi connectivity index (χ2n) is 5.50. The van der Waals surface area contributed by atoms with Crippen molar-refractivity contribution in [3.8, 4) is 27.1 Å². The van der Waals surface area contributed by atoms with Crippen molar-refractivity contribution < 1.29 is 14.3 Å². The van der Waals surface area contributed by atoms with Gasteiger partial charge in [0.15, 0.2) is 0 Å². The second-order valence-corrected chi connectivity index (χ2v) is 7.39. The summed E-state index contributed by atoms with van der Waals surface area (Å²) in [7, 11) is 0. The number of thiophene rings is 2. The van der Waals surface area contributed by atoms with Gasteiger partial charge < -0.3 is 9.47 Å². The third-order valence-electron chi connectivity index (χ3n) is 3.73. The first-order chi connectivity index (χ1) is 13.1. The van der Waals surface area contributed by atoms with Crippen molar-refractivity contribution in [2.45, 2.75) is 13.7 Å². The second kappa shape index (κ2) is 8.77. The van der Waals surface area contributed by atoms with Crippen LogP contribution < -0.4 is 5.56 Å². The van der Waals surface area contributed by atoms with Crippen molar-refractivity contribution >= 4 is 28.6 Å². The molecule has 3 heterocycles. The van der Waals surface area contributed by atoms with Crippen LogP contribution in [0.4, 0.5) is 0 Å². The number of nitrogens with zero attached hydrogens (tertiary/aromatic N) is 2. The Morgan fingerprint density at radius 2 is 1.89 bits per heavy atom. The molecule has 0 aromatic carbocycles. The number of aromatic nitrogens is 1. The Bertz CT molecular complexity index is 1020. The first-order valence-electron chi connectivity index (χ1n) is 8.08. The van der Waals surface area contributed by atoms with Crippen molar-refractivity contribution in [1.29, 1.82) is 5.26 Å². The Hall–Kier alpha value is -2.73. The number of carbonyl (C=O) groups is 1. The van der Waals surface area contributed by atoms with E-state index in [1.165, 1.54) is 34.2 Å². The van der Waals surface area contributed by atoms with Crippen LogP contribution in [0.15, 0.2) is 45.9 Å². The van der Waals surface area contributed by atoms with E-state index >= 15 is 0 Å². The molecular weight excluding hydrogens is 384 g/mol. The van der Waals surface area contributed by atoms with Gasteiger partial charge >= 0.3 is 5.97 Å². The molecule has 3 aromatic rings. The first kappa shape index (κ1) is 19.0. The van der Waals surface area contributed by atoms with Gasteiger partial charge in [-0.25, -0.2) is 0 Å². The van der Waals surface area contributed by atoms with Crippen LogP contribution in [0.1, 0.15) is 12.5 Å². The fraction of sp³-hybridized carbons (Fsp3) is 0.211. The van der Waals surface area contributed by atoms with E-state index in [1.54, 1.807) is 0 Å². The summed E-state index contributed by atoms with van der Waals surface area (Å²) < 4.78 is 11.8. The molecule has 0 saturated carbocycles. The SMILES string of the molecule is CC(=O)OCCOCn1c(-c2cccs2)cc(-c2cccs2)c(C#N)c1=O. The summed E-state index contributed by atoms with van der Waals surface area (Å²) in [6.45, 7) is 1.55. The monoisotopic (exact) mass is 400 g/mol. The van der Waals surface area contributed by atoms with Crippen LogP contribution in [0.3, 0.4) is 0 Å². The molecule has 3 aromatic heterocycles. The van der Waals surface area contributed by atoms with Gasteiger partial charge in [-0.1, -0.05) is 12.1 Å². The third kappa shape index (κ3) is 4.34. The van der Waals surface area contributed by atoms with Gasteiger partial charge in [0.2, 0.25) is 0 Å². The predicted molar refractivity (Wildman–Crippen MR) is 105 cm³/mol. The van der Waals surface area contributed by atoms with Crippen LogP contribution in [-0.4, -0.2) is 23.8 Å². The van der Waals surface area contributed by atoms with Gasteiger partial charge in [0, 0.05) is 17.4 Å². The van der Waals surface area contributed by atoms with Gasteiger partial charge in [0.1, 0.15) is 25.0 Å². The van der Waals surface area contributed by atoms with Crippen molar-refractivity contribution in [3.05, 3.63) is 57.0 Å². The zero-order valence-corrected chi connectivity index (χ0v) is 16.1. The van der Waals surface area contributed by atoms with E-state index in [0.717, 1.165) is 9.75 Å². The lowest BCUT2D eigenvalue weighted by atomic mass is 10.1. The molecule has 27 heavy (non-hydrogen) atoms. The molecular formula is C19H16N2O4S2. The van der Waals surface area contributed by atoms with E-state index < -0.39 is 5.56 Å². The zero-order valence-electron chi connectivity index (χ0n) is 14.5. The van der Waals surface area contributed by atoms with Gasteiger partial charge in [-0.2, -0.15) is 5.26 Å². The molecule has 0 atom stereocenters. The number of carbonyl (C=O) groups excluding carboxylic acids is 1. The molecule has 0 amide bonds. The Balaban J connectivity index is 2.00. The van der Waals surface area contributed by atoms with Crippen LogP contribution in [0.25, 0.3) is 21.0 Å². The van der Waals surface area contributed by atoms with Crippen molar-refractivity contribution in [2.75, 3.05) is 13.2 Å². The molecule has 0 radical (unpaired) electrons. The largest absolute Gasteiger partial charge is 0.463 e.